The molecule has 2 amide bonds. The van der Waals surface area contributed by atoms with Gasteiger partial charge in [-0.2, -0.15) is 0 Å². The molecule has 0 spiro atoms. The quantitative estimate of drug-likeness (QED) is 0.734. The summed E-state index contributed by atoms with van der Waals surface area (Å²) in [7, 11) is 0. The zero-order valence-electron chi connectivity index (χ0n) is 13.8. The van der Waals surface area contributed by atoms with Crippen LogP contribution in [0.4, 0.5) is 10.1 Å². The number of hydrogen-bond acceptors (Lipinski definition) is 3. The molecule has 2 rings (SSSR count). The fourth-order valence-corrected chi connectivity index (χ4v) is 2.27. The predicted molar refractivity (Wildman–Crippen MR) is 99.1 cm³/mol. The molecule has 0 heterocycles. The number of nitrogens with one attached hydrogen (secondary N) is 3. The van der Waals surface area contributed by atoms with Gasteiger partial charge in [0.15, 0.2) is 5.11 Å². The van der Waals surface area contributed by atoms with Crippen LogP contribution in [0.1, 0.15) is 34.6 Å². The standard InChI is InChI=1S/C18H18FN3O2S/c1-11(2)20-16(23)12-6-5-7-13(10-12)21-18(25)22-17(24)14-8-3-4-9-15(14)19/h3-11H,1-2H3,(H,20,23)(H2,21,22,24,25). The number of hydrogen-bond donors (Lipinski definition) is 3. The first-order valence-electron chi connectivity index (χ1n) is 7.64. The molecule has 0 atom stereocenters. The molecule has 7 heteroatoms. The van der Waals surface area contributed by atoms with Gasteiger partial charge in [-0.25, -0.2) is 4.39 Å². The molecule has 0 aliphatic heterocycles. The Hall–Kier alpha value is -2.80. The lowest BCUT2D eigenvalue weighted by Crippen LogP contribution is -2.34. The topological polar surface area (TPSA) is 70.2 Å². The van der Waals surface area contributed by atoms with Gasteiger partial charge >= 0.3 is 0 Å². The summed E-state index contributed by atoms with van der Waals surface area (Å²) >= 11 is 5.07. The number of amides is 2. The molecule has 0 fully saturated rings. The average molecular weight is 359 g/mol. The van der Waals surface area contributed by atoms with E-state index in [1.165, 1.54) is 18.2 Å². The zero-order valence-corrected chi connectivity index (χ0v) is 14.6. The zero-order chi connectivity index (χ0) is 18.4. The minimum absolute atomic E-state index is 0.00895. The molecule has 0 bridgehead atoms. The van der Waals surface area contributed by atoms with Crippen LogP contribution < -0.4 is 16.0 Å². The highest BCUT2D eigenvalue weighted by molar-refractivity contribution is 7.80. The predicted octanol–water partition coefficient (Wildman–Crippen LogP) is 3.09. The first kappa shape index (κ1) is 18.5. The van der Waals surface area contributed by atoms with Crippen molar-refractivity contribution in [3.8, 4) is 0 Å². The van der Waals surface area contributed by atoms with Crippen molar-refractivity contribution in [1.29, 1.82) is 0 Å². The van der Waals surface area contributed by atoms with Gasteiger partial charge in [-0.05, 0) is 56.4 Å². The molecule has 0 aliphatic rings. The Morgan fingerprint density at radius 2 is 1.76 bits per heavy atom. The van der Waals surface area contributed by atoms with Gasteiger partial charge < -0.3 is 10.6 Å². The minimum atomic E-state index is -0.649. The molecule has 25 heavy (non-hydrogen) atoms. The van der Waals surface area contributed by atoms with Crippen molar-refractivity contribution in [2.24, 2.45) is 0 Å². The Morgan fingerprint density at radius 1 is 1.04 bits per heavy atom. The third kappa shape index (κ3) is 5.36. The summed E-state index contributed by atoms with van der Waals surface area (Å²) in [6, 6.07) is 12.3. The monoisotopic (exact) mass is 359 g/mol. The van der Waals surface area contributed by atoms with Crippen molar-refractivity contribution in [2.45, 2.75) is 19.9 Å². The van der Waals surface area contributed by atoms with Crippen molar-refractivity contribution >= 4 is 34.8 Å². The van der Waals surface area contributed by atoms with E-state index in [9.17, 15) is 14.0 Å². The first-order valence-corrected chi connectivity index (χ1v) is 8.05. The van der Waals surface area contributed by atoms with Gasteiger partial charge in [0.1, 0.15) is 5.82 Å². The molecule has 2 aromatic carbocycles. The Morgan fingerprint density at radius 3 is 2.44 bits per heavy atom. The molecule has 0 aliphatic carbocycles. The van der Waals surface area contributed by atoms with Gasteiger partial charge in [-0.1, -0.05) is 18.2 Å². The van der Waals surface area contributed by atoms with Crippen LogP contribution in [0, 0.1) is 5.82 Å². The van der Waals surface area contributed by atoms with E-state index >= 15 is 0 Å². The summed E-state index contributed by atoms with van der Waals surface area (Å²) in [4.78, 5) is 24.0. The summed E-state index contributed by atoms with van der Waals surface area (Å²) in [5, 5.41) is 8.01. The van der Waals surface area contributed by atoms with Crippen LogP contribution in [0.3, 0.4) is 0 Å². The summed E-state index contributed by atoms with van der Waals surface area (Å²) < 4.78 is 13.6. The maximum Gasteiger partial charge on any atom is 0.260 e. The van der Waals surface area contributed by atoms with E-state index in [4.69, 9.17) is 12.2 Å². The van der Waals surface area contributed by atoms with Crippen molar-refractivity contribution in [2.75, 3.05) is 5.32 Å². The SMILES string of the molecule is CC(C)NC(=O)c1cccc(NC(=S)NC(=O)c2ccccc2F)c1. The van der Waals surface area contributed by atoms with Crippen LogP contribution in [0.15, 0.2) is 48.5 Å². The van der Waals surface area contributed by atoms with Gasteiger partial charge in [0.2, 0.25) is 0 Å². The number of halogens is 1. The van der Waals surface area contributed by atoms with Gasteiger partial charge in [0.05, 0.1) is 5.56 Å². The van der Waals surface area contributed by atoms with E-state index in [-0.39, 0.29) is 22.6 Å². The van der Waals surface area contributed by atoms with Crippen molar-refractivity contribution in [1.82, 2.24) is 10.6 Å². The van der Waals surface area contributed by atoms with E-state index in [2.05, 4.69) is 16.0 Å². The summed E-state index contributed by atoms with van der Waals surface area (Å²) in [5.41, 5.74) is 0.897. The lowest BCUT2D eigenvalue weighted by molar-refractivity contribution is 0.0940. The highest BCUT2D eigenvalue weighted by Gasteiger charge is 2.13. The molecule has 3 N–H and O–H groups in total. The maximum atomic E-state index is 13.6. The fraction of sp³-hybridized carbons (Fsp3) is 0.167. The summed E-state index contributed by atoms with van der Waals surface area (Å²) in [6.07, 6.45) is 0. The second-order valence-corrected chi connectivity index (χ2v) is 6.01. The van der Waals surface area contributed by atoms with Crippen molar-refractivity contribution in [3.05, 3.63) is 65.5 Å². The maximum absolute atomic E-state index is 13.6. The molecular formula is C18H18FN3O2S. The average Bonchev–Trinajstić information content (AvgIpc) is 2.54. The number of carbonyl (C=O) groups excluding carboxylic acids is 2. The van der Waals surface area contributed by atoms with Crippen LogP contribution in [0.2, 0.25) is 0 Å². The lowest BCUT2D eigenvalue weighted by Gasteiger charge is -2.12. The highest BCUT2D eigenvalue weighted by Crippen LogP contribution is 2.11. The number of rotatable bonds is 4. The van der Waals surface area contributed by atoms with Gasteiger partial charge in [-0.3, -0.25) is 14.9 Å². The number of thiocarbonyl (C=S) groups is 1. The largest absolute Gasteiger partial charge is 0.350 e. The third-order valence-electron chi connectivity index (χ3n) is 3.15. The fourth-order valence-electron chi connectivity index (χ4n) is 2.06. The molecule has 0 saturated carbocycles. The van der Waals surface area contributed by atoms with E-state index in [1.54, 1.807) is 30.3 Å². The lowest BCUT2D eigenvalue weighted by atomic mass is 10.2. The molecule has 130 valence electrons. The molecular weight excluding hydrogens is 341 g/mol. The highest BCUT2D eigenvalue weighted by atomic mass is 32.1. The number of carbonyl (C=O) groups is 2. The molecule has 0 saturated heterocycles. The van der Waals surface area contributed by atoms with Crippen LogP contribution in [0.5, 0.6) is 0 Å². The smallest absolute Gasteiger partial charge is 0.260 e. The molecule has 0 aromatic heterocycles. The van der Waals surface area contributed by atoms with Crippen LogP contribution in [-0.2, 0) is 0 Å². The Balaban J connectivity index is 2.02. The minimum Gasteiger partial charge on any atom is -0.350 e. The second kappa shape index (κ2) is 8.34. The van der Waals surface area contributed by atoms with E-state index in [1.807, 2.05) is 13.8 Å². The summed E-state index contributed by atoms with van der Waals surface area (Å²) in [6.45, 7) is 3.74. The summed E-state index contributed by atoms with van der Waals surface area (Å²) in [5.74, 6) is -1.49. The van der Waals surface area contributed by atoms with Crippen molar-refractivity contribution < 1.29 is 14.0 Å². The number of anilines is 1. The van der Waals surface area contributed by atoms with Crippen LogP contribution in [-0.4, -0.2) is 23.0 Å². The second-order valence-electron chi connectivity index (χ2n) is 5.60. The molecule has 0 unspecified atom stereocenters. The van der Waals surface area contributed by atoms with Crippen molar-refractivity contribution in [3.63, 3.8) is 0 Å². The van der Waals surface area contributed by atoms with Crippen LogP contribution in [0.25, 0.3) is 0 Å². The van der Waals surface area contributed by atoms with Gasteiger partial charge in [0, 0.05) is 17.3 Å². The molecule has 2 aromatic rings. The number of benzene rings is 2. The van der Waals surface area contributed by atoms with Crippen LogP contribution >= 0.6 is 12.2 Å². The van der Waals surface area contributed by atoms with E-state index in [0.717, 1.165) is 0 Å². The molecule has 5 nitrogen and oxygen atoms in total. The van der Waals surface area contributed by atoms with E-state index in [0.29, 0.717) is 11.3 Å². The third-order valence-corrected chi connectivity index (χ3v) is 3.35. The van der Waals surface area contributed by atoms with Gasteiger partial charge in [0.25, 0.3) is 11.8 Å². The van der Waals surface area contributed by atoms with E-state index < -0.39 is 11.7 Å². The first-order chi connectivity index (χ1) is 11.9. The molecule has 0 radical (unpaired) electrons. The normalized spacial score (nSPS) is 10.2. The Bertz CT molecular complexity index is 808. The van der Waals surface area contributed by atoms with Gasteiger partial charge in [-0.15, -0.1) is 0 Å². The Labute approximate surface area is 150 Å². The Kier molecular flexibility index (Phi) is 6.19.